The smallest absolute Gasteiger partial charge is 0.142 e. The molecule has 0 radical (unpaired) electrons. The van der Waals surface area contributed by atoms with Crippen LogP contribution in [0.1, 0.15) is 12.7 Å². The van der Waals surface area contributed by atoms with E-state index in [9.17, 15) is 0 Å². The molecular weight excluding hydrogens is 271 g/mol. The van der Waals surface area contributed by atoms with Crippen LogP contribution in [0.15, 0.2) is 28.9 Å². The third kappa shape index (κ3) is 1.80. The van der Waals surface area contributed by atoms with E-state index in [4.69, 9.17) is 27.6 Å². The van der Waals surface area contributed by atoms with E-state index in [1.165, 1.54) is 0 Å². The third-order valence-corrected chi connectivity index (χ3v) is 3.57. The van der Waals surface area contributed by atoms with Gasteiger partial charge >= 0.3 is 0 Å². The maximum Gasteiger partial charge on any atom is 0.142 e. The molecule has 0 fully saturated rings. The van der Waals surface area contributed by atoms with E-state index < -0.39 is 0 Å². The second-order valence-corrected chi connectivity index (χ2v) is 4.79. The van der Waals surface area contributed by atoms with E-state index in [0.717, 1.165) is 34.6 Å². The number of aromatic amines is 1. The minimum atomic E-state index is 0.505. The number of aromatic nitrogens is 2. The molecule has 1 aromatic carbocycles. The van der Waals surface area contributed by atoms with Crippen LogP contribution >= 0.6 is 23.2 Å². The topological polar surface area (TPSA) is 41.8 Å². The van der Waals surface area contributed by atoms with Crippen molar-refractivity contribution < 1.29 is 4.42 Å². The van der Waals surface area contributed by atoms with Gasteiger partial charge in [-0.2, -0.15) is 0 Å². The van der Waals surface area contributed by atoms with Crippen molar-refractivity contribution >= 4 is 34.2 Å². The van der Waals surface area contributed by atoms with Gasteiger partial charge < -0.3 is 9.40 Å². The molecule has 0 aliphatic carbocycles. The number of nitrogens with one attached hydrogen (secondary N) is 1. The SMILES string of the molecule is CCc1occc1-c1nc2cc(Cl)c(Cl)cc2[nH]1. The molecule has 2 aromatic heterocycles. The first-order valence-electron chi connectivity index (χ1n) is 5.60. The number of nitrogens with zero attached hydrogens (tertiary/aromatic N) is 1. The summed E-state index contributed by atoms with van der Waals surface area (Å²) in [4.78, 5) is 7.73. The average molecular weight is 281 g/mol. The fourth-order valence-corrected chi connectivity index (χ4v) is 2.28. The van der Waals surface area contributed by atoms with Gasteiger partial charge in [0, 0.05) is 6.42 Å². The molecule has 0 atom stereocenters. The molecule has 5 heteroatoms. The Morgan fingerprint density at radius 2 is 2.06 bits per heavy atom. The standard InChI is InChI=1S/C13H10Cl2N2O/c1-2-12-7(3-4-18-12)13-16-10-5-8(14)9(15)6-11(10)17-13/h3-6H,2H2,1H3,(H,16,17). The van der Waals surface area contributed by atoms with Crippen LogP contribution in [0.2, 0.25) is 10.0 Å². The van der Waals surface area contributed by atoms with Gasteiger partial charge in [0.2, 0.25) is 0 Å². The molecule has 0 unspecified atom stereocenters. The summed E-state index contributed by atoms with van der Waals surface area (Å²) in [6.45, 7) is 2.04. The molecule has 0 spiro atoms. The van der Waals surface area contributed by atoms with Gasteiger partial charge in [0.05, 0.1) is 32.9 Å². The van der Waals surface area contributed by atoms with Crippen molar-refractivity contribution in [3.63, 3.8) is 0 Å². The highest BCUT2D eigenvalue weighted by molar-refractivity contribution is 6.42. The first-order chi connectivity index (χ1) is 8.69. The van der Waals surface area contributed by atoms with E-state index in [1.54, 1.807) is 18.4 Å². The number of H-pyrrole nitrogens is 1. The van der Waals surface area contributed by atoms with Gasteiger partial charge in [-0.15, -0.1) is 0 Å². The summed E-state index contributed by atoms with van der Waals surface area (Å²) in [5.74, 6) is 1.68. The fraction of sp³-hybridized carbons (Fsp3) is 0.154. The molecule has 3 aromatic rings. The molecule has 18 heavy (non-hydrogen) atoms. The highest BCUT2D eigenvalue weighted by Crippen LogP contribution is 2.30. The van der Waals surface area contributed by atoms with Crippen molar-refractivity contribution in [3.05, 3.63) is 40.3 Å². The van der Waals surface area contributed by atoms with Crippen molar-refractivity contribution in [2.75, 3.05) is 0 Å². The van der Waals surface area contributed by atoms with E-state index in [-0.39, 0.29) is 0 Å². The van der Waals surface area contributed by atoms with Crippen LogP contribution in [0.25, 0.3) is 22.4 Å². The summed E-state index contributed by atoms with van der Waals surface area (Å²) in [6.07, 6.45) is 2.49. The number of halogens is 2. The Bertz CT molecular complexity index is 676. The number of hydrogen-bond donors (Lipinski definition) is 1. The van der Waals surface area contributed by atoms with E-state index in [0.29, 0.717) is 10.0 Å². The lowest BCUT2D eigenvalue weighted by molar-refractivity contribution is 0.517. The predicted molar refractivity (Wildman–Crippen MR) is 73.2 cm³/mol. The minimum absolute atomic E-state index is 0.505. The summed E-state index contributed by atoms with van der Waals surface area (Å²) in [6, 6.07) is 5.44. The summed E-state index contributed by atoms with van der Waals surface area (Å²) in [5.41, 5.74) is 2.63. The molecule has 0 aliphatic heterocycles. The van der Waals surface area contributed by atoms with Crippen molar-refractivity contribution in [2.45, 2.75) is 13.3 Å². The molecular formula is C13H10Cl2N2O. The number of aryl methyl sites for hydroxylation is 1. The van der Waals surface area contributed by atoms with Gasteiger partial charge in [-0.05, 0) is 18.2 Å². The summed E-state index contributed by atoms with van der Waals surface area (Å²) < 4.78 is 5.40. The number of furan rings is 1. The second kappa shape index (κ2) is 4.34. The highest BCUT2D eigenvalue weighted by atomic mass is 35.5. The molecule has 0 saturated heterocycles. The average Bonchev–Trinajstić information content (AvgIpc) is 2.95. The molecule has 0 amide bonds. The first kappa shape index (κ1) is 11.6. The predicted octanol–water partition coefficient (Wildman–Crippen LogP) is 4.69. The Kier molecular flexibility index (Phi) is 2.80. The Morgan fingerprint density at radius 1 is 1.28 bits per heavy atom. The van der Waals surface area contributed by atoms with E-state index in [1.807, 2.05) is 13.0 Å². The number of hydrogen-bond acceptors (Lipinski definition) is 2. The monoisotopic (exact) mass is 280 g/mol. The fourth-order valence-electron chi connectivity index (χ4n) is 1.96. The van der Waals surface area contributed by atoms with Crippen LogP contribution in [-0.2, 0) is 6.42 Å². The summed E-state index contributed by atoms with van der Waals surface area (Å²) >= 11 is 12.0. The van der Waals surface area contributed by atoms with Gasteiger partial charge in [-0.3, -0.25) is 0 Å². The normalized spacial score (nSPS) is 11.3. The van der Waals surface area contributed by atoms with Crippen LogP contribution in [0.4, 0.5) is 0 Å². The number of imidazole rings is 1. The van der Waals surface area contributed by atoms with Crippen molar-refractivity contribution in [3.8, 4) is 11.4 Å². The van der Waals surface area contributed by atoms with Crippen LogP contribution in [-0.4, -0.2) is 9.97 Å². The zero-order valence-electron chi connectivity index (χ0n) is 9.63. The highest BCUT2D eigenvalue weighted by Gasteiger charge is 2.12. The van der Waals surface area contributed by atoms with Crippen LogP contribution < -0.4 is 0 Å². The molecule has 3 nitrogen and oxygen atoms in total. The molecule has 0 bridgehead atoms. The first-order valence-corrected chi connectivity index (χ1v) is 6.36. The van der Waals surface area contributed by atoms with Crippen LogP contribution in [0, 0.1) is 0 Å². The largest absolute Gasteiger partial charge is 0.469 e. The van der Waals surface area contributed by atoms with Crippen LogP contribution in [0.3, 0.4) is 0 Å². The van der Waals surface area contributed by atoms with Gasteiger partial charge in [-0.25, -0.2) is 4.98 Å². The zero-order valence-corrected chi connectivity index (χ0v) is 11.1. The Morgan fingerprint density at radius 3 is 2.83 bits per heavy atom. The van der Waals surface area contributed by atoms with Gasteiger partial charge in [0.25, 0.3) is 0 Å². The summed E-state index contributed by atoms with van der Waals surface area (Å²) in [7, 11) is 0. The summed E-state index contributed by atoms with van der Waals surface area (Å²) in [5, 5.41) is 1.02. The van der Waals surface area contributed by atoms with Crippen molar-refractivity contribution in [2.24, 2.45) is 0 Å². The molecule has 3 rings (SSSR count). The quantitative estimate of drug-likeness (QED) is 0.740. The lowest BCUT2D eigenvalue weighted by Gasteiger charge is -1.94. The maximum atomic E-state index is 5.98. The van der Waals surface area contributed by atoms with Gasteiger partial charge in [-0.1, -0.05) is 30.1 Å². The Labute approximate surface area is 114 Å². The Hall–Kier alpha value is -1.45. The van der Waals surface area contributed by atoms with Crippen LogP contribution in [0.5, 0.6) is 0 Å². The van der Waals surface area contributed by atoms with E-state index >= 15 is 0 Å². The van der Waals surface area contributed by atoms with Crippen molar-refractivity contribution in [1.29, 1.82) is 0 Å². The van der Waals surface area contributed by atoms with Gasteiger partial charge in [0.1, 0.15) is 11.6 Å². The lowest BCUT2D eigenvalue weighted by atomic mass is 10.2. The van der Waals surface area contributed by atoms with Gasteiger partial charge in [0.15, 0.2) is 0 Å². The minimum Gasteiger partial charge on any atom is -0.469 e. The molecule has 0 saturated carbocycles. The molecule has 92 valence electrons. The van der Waals surface area contributed by atoms with Crippen molar-refractivity contribution in [1.82, 2.24) is 9.97 Å². The maximum absolute atomic E-state index is 5.98. The molecule has 0 aliphatic rings. The number of fused-ring (bicyclic) bond motifs is 1. The zero-order chi connectivity index (χ0) is 12.7. The molecule has 1 N–H and O–H groups in total. The second-order valence-electron chi connectivity index (χ2n) is 3.98. The number of rotatable bonds is 2. The molecule has 2 heterocycles. The lowest BCUT2D eigenvalue weighted by Crippen LogP contribution is -1.83. The third-order valence-electron chi connectivity index (χ3n) is 2.85. The Balaban J connectivity index is 2.19. The number of benzene rings is 1. The van der Waals surface area contributed by atoms with E-state index in [2.05, 4.69) is 9.97 Å².